The molecule has 1 saturated heterocycles. The molecule has 0 aliphatic carbocycles. The van der Waals surface area contributed by atoms with Gasteiger partial charge in [0, 0.05) is 12.6 Å². The average Bonchev–Trinajstić information content (AvgIpc) is 2.66. The Morgan fingerprint density at radius 1 is 1.35 bits per heavy atom. The largest absolute Gasteiger partial charge is 0.484 e. The molecule has 1 heterocycles. The summed E-state index contributed by atoms with van der Waals surface area (Å²) in [5, 5.41) is 9.21. The first-order valence-electron chi connectivity index (χ1n) is 9.07. The molecule has 3 atom stereocenters. The number of carbonyl (C=O) groups is 2. The van der Waals surface area contributed by atoms with E-state index in [1.54, 1.807) is 23.9 Å². The molecule has 0 aromatic heterocycles. The van der Waals surface area contributed by atoms with Crippen molar-refractivity contribution in [2.24, 2.45) is 5.92 Å². The lowest BCUT2D eigenvalue weighted by Crippen LogP contribution is -2.56. The van der Waals surface area contributed by atoms with Gasteiger partial charge in [-0.1, -0.05) is 25.1 Å². The van der Waals surface area contributed by atoms with Crippen molar-refractivity contribution in [1.29, 1.82) is 0 Å². The predicted molar refractivity (Wildman–Crippen MR) is 105 cm³/mol. The number of hydrogen-bond acceptors (Lipinski definition) is 5. The van der Waals surface area contributed by atoms with Gasteiger partial charge in [-0.25, -0.2) is 0 Å². The summed E-state index contributed by atoms with van der Waals surface area (Å²) in [6, 6.07) is 8.74. The molecule has 0 saturated carbocycles. The number of amides is 2. The molecule has 7 heteroatoms. The lowest BCUT2D eigenvalue weighted by molar-refractivity contribution is -0.130. The molecule has 26 heavy (non-hydrogen) atoms. The van der Waals surface area contributed by atoms with Gasteiger partial charge in [-0.3, -0.25) is 9.59 Å². The second-order valence-corrected chi connectivity index (χ2v) is 7.57. The van der Waals surface area contributed by atoms with E-state index in [0.717, 1.165) is 25.3 Å². The van der Waals surface area contributed by atoms with Gasteiger partial charge in [0.05, 0.1) is 0 Å². The lowest BCUT2D eigenvalue weighted by Gasteiger charge is -2.31. The number of thioether (sulfide) groups is 1. The first-order chi connectivity index (χ1) is 12.6. The van der Waals surface area contributed by atoms with Crippen LogP contribution in [0.15, 0.2) is 30.3 Å². The van der Waals surface area contributed by atoms with Crippen LogP contribution in [-0.4, -0.2) is 55.6 Å². The quantitative estimate of drug-likeness (QED) is 0.605. The maximum absolute atomic E-state index is 12.7. The normalized spacial score (nSPS) is 20.8. The van der Waals surface area contributed by atoms with Crippen molar-refractivity contribution in [3.05, 3.63) is 30.3 Å². The van der Waals surface area contributed by atoms with Gasteiger partial charge < -0.3 is 20.7 Å². The summed E-state index contributed by atoms with van der Waals surface area (Å²) in [4.78, 5) is 24.9. The van der Waals surface area contributed by atoms with Gasteiger partial charge >= 0.3 is 0 Å². The Morgan fingerprint density at radius 3 is 2.81 bits per heavy atom. The highest BCUT2D eigenvalue weighted by Gasteiger charge is 2.27. The van der Waals surface area contributed by atoms with Crippen LogP contribution in [0.4, 0.5) is 0 Å². The minimum Gasteiger partial charge on any atom is -0.484 e. The number of nitrogens with one attached hydrogen (secondary N) is 3. The maximum Gasteiger partial charge on any atom is 0.258 e. The number of hydrogen-bond donors (Lipinski definition) is 3. The zero-order valence-corrected chi connectivity index (χ0v) is 16.3. The first kappa shape index (κ1) is 20.6. The fourth-order valence-electron chi connectivity index (χ4n) is 2.87. The van der Waals surface area contributed by atoms with Crippen LogP contribution < -0.4 is 20.7 Å². The van der Waals surface area contributed by atoms with Crippen molar-refractivity contribution in [3.8, 4) is 5.75 Å². The molecule has 1 aromatic rings. The van der Waals surface area contributed by atoms with Crippen LogP contribution in [0.3, 0.4) is 0 Å². The second kappa shape index (κ2) is 11.1. The third-order valence-electron chi connectivity index (χ3n) is 4.53. The summed E-state index contributed by atoms with van der Waals surface area (Å²) >= 11 is 1.66. The van der Waals surface area contributed by atoms with Crippen molar-refractivity contribution < 1.29 is 14.3 Å². The van der Waals surface area contributed by atoms with Gasteiger partial charge in [-0.05, 0) is 49.4 Å². The molecule has 0 bridgehead atoms. The summed E-state index contributed by atoms with van der Waals surface area (Å²) in [5.41, 5.74) is 0. The highest BCUT2D eigenvalue weighted by molar-refractivity contribution is 7.98. The lowest BCUT2D eigenvalue weighted by atomic mass is 9.94. The SMILES string of the molecule is CSCCC(NC(=O)COc1ccccc1)C(=O)NC1CNCCC1C. The van der Waals surface area contributed by atoms with Crippen molar-refractivity contribution in [1.82, 2.24) is 16.0 Å². The molecule has 2 amide bonds. The highest BCUT2D eigenvalue weighted by atomic mass is 32.2. The number of ether oxygens (including phenoxy) is 1. The third kappa shape index (κ3) is 6.88. The van der Waals surface area contributed by atoms with Crippen LogP contribution in [0.1, 0.15) is 19.8 Å². The predicted octanol–water partition coefficient (Wildman–Crippen LogP) is 1.42. The zero-order chi connectivity index (χ0) is 18.8. The van der Waals surface area contributed by atoms with E-state index in [1.165, 1.54) is 0 Å². The second-order valence-electron chi connectivity index (χ2n) is 6.59. The molecule has 6 nitrogen and oxygen atoms in total. The van der Waals surface area contributed by atoms with Crippen molar-refractivity contribution >= 4 is 23.6 Å². The van der Waals surface area contributed by atoms with E-state index in [1.807, 2.05) is 24.5 Å². The smallest absolute Gasteiger partial charge is 0.258 e. The Labute approximate surface area is 159 Å². The molecule has 1 fully saturated rings. The monoisotopic (exact) mass is 379 g/mol. The molecular formula is C19H29N3O3S. The molecule has 3 N–H and O–H groups in total. The summed E-state index contributed by atoms with van der Waals surface area (Å²) in [6.07, 6.45) is 3.62. The Balaban J connectivity index is 1.86. The van der Waals surface area contributed by atoms with Crippen LogP contribution in [0.25, 0.3) is 0 Å². The van der Waals surface area contributed by atoms with Gasteiger partial charge in [0.1, 0.15) is 11.8 Å². The van der Waals surface area contributed by atoms with Gasteiger partial charge in [0.15, 0.2) is 6.61 Å². The van der Waals surface area contributed by atoms with E-state index in [2.05, 4.69) is 22.9 Å². The minimum atomic E-state index is -0.538. The minimum absolute atomic E-state index is 0.102. The van der Waals surface area contributed by atoms with Gasteiger partial charge in [-0.2, -0.15) is 11.8 Å². The van der Waals surface area contributed by atoms with Crippen molar-refractivity contribution in [2.75, 3.05) is 31.7 Å². The number of para-hydroxylation sites is 1. The van der Waals surface area contributed by atoms with E-state index < -0.39 is 6.04 Å². The molecule has 3 unspecified atom stereocenters. The molecule has 1 aliphatic heterocycles. The van der Waals surface area contributed by atoms with E-state index in [4.69, 9.17) is 4.74 Å². The molecular weight excluding hydrogens is 350 g/mol. The van der Waals surface area contributed by atoms with Crippen LogP contribution in [-0.2, 0) is 9.59 Å². The standard InChI is InChI=1S/C19H29N3O3S/c1-14-8-10-20-12-17(14)22-19(24)16(9-11-26-2)21-18(23)13-25-15-6-4-3-5-7-15/h3-7,14,16-17,20H,8-13H2,1-2H3,(H,21,23)(H,22,24). The van der Waals surface area contributed by atoms with E-state index >= 15 is 0 Å². The zero-order valence-electron chi connectivity index (χ0n) is 15.5. The fourth-order valence-corrected chi connectivity index (χ4v) is 3.34. The average molecular weight is 380 g/mol. The van der Waals surface area contributed by atoms with E-state index in [9.17, 15) is 9.59 Å². The van der Waals surface area contributed by atoms with Gasteiger partial charge in [-0.15, -0.1) is 0 Å². The Hall–Kier alpha value is -1.73. The highest BCUT2D eigenvalue weighted by Crippen LogP contribution is 2.12. The van der Waals surface area contributed by atoms with Gasteiger partial charge in [0.25, 0.3) is 5.91 Å². The van der Waals surface area contributed by atoms with Crippen molar-refractivity contribution in [2.45, 2.75) is 31.8 Å². The number of piperidine rings is 1. The summed E-state index contributed by atoms with van der Waals surface area (Å²) in [7, 11) is 0. The Morgan fingerprint density at radius 2 is 2.12 bits per heavy atom. The molecule has 0 radical (unpaired) electrons. The maximum atomic E-state index is 12.7. The fraction of sp³-hybridized carbons (Fsp3) is 0.579. The Kier molecular flexibility index (Phi) is 8.77. The van der Waals surface area contributed by atoms with Crippen LogP contribution >= 0.6 is 11.8 Å². The molecule has 1 aliphatic rings. The molecule has 1 aromatic carbocycles. The Bertz CT molecular complexity index is 570. The summed E-state index contributed by atoms with van der Waals surface area (Å²) < 4.78 is 5.46. The van der Waals surface area contributed by atoms with Crippen molar-refractivity contribution in [3.63, 3.8) is 0 Å². The van der Waals surface area contributed by atoms with E-state index in [0.29, 0.717) is 18.1 Å². The molecule has 144 valence electrons. The van der Waals surface area contributed by atoms with Crippen LogP contribution in [0.5, 0.6) is 5.75 Å². The topological polar surface area (TPSA) is 79.5 Å². The van der Waals surface area contributed by atoms with Crippen LogP contribution in [0, 0.1) is 5.92 Å². The van der Waals surface area contributed by atoms with E-state index in [-0.39, 0.29) is 24.5 Å². The van der Waals surface area contributed by atoms with Crippen LogP contribution in [0.2, 0.25) is 0 Å². The summed E-state index contributed by atoms with van der Waals surface area (Å²) in [6.45, 7) is 3.80. The third-order valence-corrected chi connectivity index (χ3v) is 5.17. The summed E-state index contributed by atoms with van der Waals surface area (Å²) in [5.74, 6) is 1.46. The number of benzene rings is 1. The molecule has 2 rings (SSSR count). The number of carbonyl (C=O) groups excluding carboxylic acids is 2. The molecule has 0 spiro atoms. The first-order valence-corrected chi connectivity index (χ1v) is 10.5. The number of rotatable bonds is 9. The van der Waals surface area contributed by atoms with Gasteiger partial charge in [0.2, 0.25) is 5.91 Å².